The summed E-state index contributed by atoms with van der Waals surface area (Å²) in [5, 5.41) is 4.00. The highest BCUT2D eigenvalue weighted by molar-refractivity contribution is 7.97. The lowest BCUT2D eigenvalue weighted by atomic mass is 9.98. The molecule has 2 heterocycles. The Labute approximate surface area is 213 Å². The molecule has 35 heavy (non-hydrogen) atoms. The summed E-state index contributed by atoms with van der Waals surface area (Å²) in [5.41, 5.74) is 10.1. The molecule has 0 bridgehead atoms. The van der Waals surface area contributed by atoms with Gasteiger partial charge in [0.05, 0.1) is 22.7 Å². The molecule has 1 amide bonds. The van der Waals surface area contributed by atoms with Crippen LogP contribution in [0.1, 0.15) is 52.8 Å². The van der Waals surface area contributed by atoms with Gasteiger partial charge in [0.2, 0.25) is 0 Å². The molecule has 0 aliphatic rings. The molecule has 3 rings (SSSR count). The lowest BCUT2D eigenvalue weighted by molar-refractivity contribution is 0.0980. The Balaban J connectivity index is 2.20. The van der Waals surface area contributed by atoms with Crippen LogP contribution >= 0.6 is 23.5 Å². The molecule has 8 nitrogen and oxygen atoms in total. The maximum absolute atomic E-state index is 13.4. The predicted molar refractivity (Wildman–Crippen MR) is 145 cm³/mol. The van der Waals surface area contributed by atoms with Crippen LogP contribution in [0, 0.1) is 13.8 Å². The fraction of sp³-hybridized carbons (Fsp3) is 0.280. The van der Waals surface area contributed by atoms with Crippen LogP contribution in [0.5, 0.6) is 0 Å². The molecule has 0 radical (unpaired) electrons. The molecule has 0 spiro atoms. The second kappa shape index (κ2) is 11.0. The van der Waals surface area contributed by atoms with Crippen molar-refractivity contribution in [2.45, 2.75) is 33.7 Å². The second-order valence-electron chi connectivity index (χ2n) is 8.04. The van der Waals surface area contributed by atoms with Gasteiger partial charge in [-0.1, -0.05) is 29.6 Å². The van der Waals surface area contributed by atoms with E-state index < -0.39 is 0 Å². The molecule has 0 saturated carbocycles. The lowest BCUT2D eigenvalue weighted by Crippen LogP contribution is -2.20. The maximum Gasteiger partial charge on any atom is 0.281 e. The minimum Gasteiger partial charge on any atom is -0.455 e. The van der Waals surface area contributed by atoms with E-state index in [-0.39, 0.29) is 28.2 Å². The summed E-state index contributed by atoms with van der Waals surface area (Å²) in [6.07, 6.45) is 3.14. The summed E-state index contributed by atoms with van der Waals surface area (Å²) in [6, 6.07) is 6.70. The monoisotopic (exact) mass is 513 g/mol. The highest BCUT2D eigenvalue weighted by atomic mass is 35.5. The largest absolute Gasteiger partial charge is 0.455 e. The first-order valence-corrected chi connectivity index (χ1v) is 12.4. The standard InChI is InChI=1S/C25H28ClN5O3S/c1-12-9-16(15(4)29-19-7-8-20(26)30-21(19)25(33)31-35-6)24-17(10-12)22(32)13(2)23(34-24)18(11-27)14(3)28-5/h7-11,15,29H,27H2,1-6H3,(H,31,33)/b18-11+,28-14?. The average molecular weight is 514 g/mol. The van der Waals surface area contributed by atoms with E-state index in [9.17, 15) is 9.59 Å². The summed E-state index contributed by atoms with van der Waals surface area (Å²) < 4.78 is 9.01. The first kappa shape index (κ1) is 26.3. The summed E-state index contributed by atoms with van der Waals surface area (Å²) in [4.78, 5) is 34.3. The van der Waals surface area contributed by atoms with Crippen molar-refractivity contribution in [3.63, 3.8) is 0 Å². The number of hydrogen-bond acceptors (Lipinski definition) is 8. The Morgan fingerprint density at radius 3 is 2.66 bits per heavy atom. The number of carbonyl (C=O) groups is 1. The minimum atomic E-state index is -0.375. The molecule has 1 unspecified atom stereocenters. The molecule has 4 N–H and O–H groups in total. The van der Waals surface area contributed by atoms with E-state index in [0.717, 1.165) is 11.1 Å². The number of hydrogen-bond donors (Lipinski definition) is 3. The van der Waals surface area contributed by atoms with E-state index in [2.05, 4.69) is 20.0 Å². The number of amides is 1. The quantitative estimate of drug-likeness (QED) is 0.230. The molecule has 0 fully saturated rings. The molecule has 0 saturated heterocycles. The zero-order valence-electron chi connectivity index (χ0n) is 20.4. The smallest absolute Gasteiger partial charge is 0.281 e. The van der Waals surface area contributed by atoms with Crippen LogP contribution in [0.4, 0.5) is 5.69 Å². The topological polar surface area (TPSA) is 123 Å². The van der Waals surface area contributed by atoms with Crippen molar-refractivity contribution in [1.29, 1.82) is 0 Å². The SMILES string of the molecule is CN=C(C)/C(=C\N)c1oc2c(C(C)Nc3ccc(Cl)nc3C(=O)NSC)cc(C)cc2c(=O)c1C. The number of fused-ring (bicyclic) bond motifs is 1. The fourth-order valence-corrected chi connectivity index (χ4v) is 4.23. The number of nitrogens with two attached hydrogens (primary N) is 1. The number of nitrogens with one attached hydrogen (secondary N) is 2. The van der Waals surface area contributed by atoms with Crippen LogP contribution in [-0.4, -0.2) is 29.9 Å². The molecule has 1 aromatic carbocycles. The Morgan fingerprint density at radius 1 is 1.31 bits per heavy atom. The number of pyridine rings is 1. The van der Waals surface area contributed by atoms with Crippen molar-refractivity contribution in [3.05, 3.63) is 74.0 Å². The summed E-state index contributed by atoms with van der Waals surface area (Å²) >= 11 is 7.21. The van der Waals surface area contributed by atoms with Gasteiger partial charge in [0, 0.05) is 36.3 Å². The van der Waals surface area contributed by atoms with Gasteiger partial charge in [-0.25, -0.2) is 4.98 Å². The second-order valence-corrected chi connectivity index (χ2v) is 9.04. The number of aliphatic imine (C=N–C) groups is 1. The van der Waals surface area contributed by atoms with Crippen LogP contribution in [0.25, 0.3) is 16.5 Å². The lowest BCUT2D eigenvalue weighted by Gasteiger charge is -2.20. The van der Waals surface area contributed by atoms with Gasteiger partial charge in [0.25, 0.3) is 5.91 Å². The number of anilines is 1. The summed E-state index contributed by atoms with van der Waals surface area (Å²) in [5.74, 6) is -0.00102. The number of benzene rings is 1. The van der Waals surface area contributed by atoms with Gasteiger partial charge in [-0.2, -0.15) is 0 Å². The number of halogens is 1. The zero-order chi connectivity index (χ0) is 25.9. The van der Waals surface area contributed by atoms with Crippen LogP contribution < -0.4 is 21.2 Å². The van der Waals surface area contributed by atoms with Gasteiger partial charge in [-0.05, 0) is 51.5 Å². The van der Waals surface area contributed by atoms with Crippen LogP contribution in [0.15, 0.2) is 44.7 Å². The summed E-state index contributed by atoms with van der Waals surface area (Å²) in [6.45, 7) is 7.35. The normalized spacial score (nSPS) is 13.1. The van der Waals surface area contributed by atoms with Crippen LogP contribution in [-0.2, 0) is 0 Å². The van der Waals surface area contributed by atoms with Gasteiger partial charge in [0.1, 0.15) is 16.5 Å². The molecule has 0 aliphatic heterocycles. The summed E-state index contributed by atoms with van der Waals surface area (Å²) in [7, 11) is 1.65. The van der Waals surface area contributed by atoms with Gasteiger partial charge < -0.3 is 15.5 Å². The number of rotatable bonds is 7. The Kier molecular flexibility index (Phi) is 8.24. The molecule has 0 aliphatic carbocycles. The first-order chi connectivity index (χ1) is 16.6. The third-order valence-corrected chi connectivity index (χ3v) is 6.24. The van der Waals surface area contributed by atoms with Gasteiger partial charge in [0.15, 0.2) is 11.1 Å². The number of aromatic nitrogens is 1. The van der Waals surface area contributed by atoms with Gasteiger partial charge in [-0.3, -0.25) is 19.3 Å². The molecular formula is C25H28ClN5O3S. The number of allylic oxidation sites excluding steroid dienone is 1. The van der Waals surface area contributed by atoms with E-state index >= 15 is 0 Å². The van der Waals surface area contributed by atoms with Crippen LogP contribution in [0.3, 0.4) is 0 Å². The average Bonchev–Trinajstić information content (AvgIpc) is 2.83. The predicted octanol–water partition coefficient (Wildman–Crippen LogP) is 5.03. The molecule has 10 heteroatoms. The fourth-order valence-electron chi connectivity index (χ4n) is 3.80. The Bertz CT molecular complexity index is 1410. The van der Waals surface area contributed by atoms with Gasteiger partial charge in [-0.15, -0.1) is 0 Å². The molecule has 1 atom stereocenters. The Morgan fingerprint density at radius 2 is 2.03 bits per heavy atom. The van der Waals surface area contributed by atoms with E-state index in [0.29, 0.717) is 39.3 Å². The van der Waals surface area contributed by atoms with Crippen molar-refractivity contribution < 1.29 is 9.21 Å². The third-order valence-electron chi connectivity index (χ3n) is 5.64. The van der Waals surface area contributed by atoms with Crippen molar-refractivity contribution in [3.8, 4) is 0 Å². The molecule has 3 aromatic rings. The molecule has 2 aromatic heterocycles. The molecular weight excluding hydrogens is 486 g/mol. The highest BCUT2D eigenvalue weighted by Gasteiger charge is 2.22. The van der Waals surface area contributed by atoms with Crippen molar-refractivity contribution in [2.75, 3.05) is 18.6 Å². The van der Waals surface area contributed by atoms with E-state index in [4.69, 9.17) is 21.8 Å². The number of carbonyl (C=O) groups excluding carboxylic acids is 1. The highest BCUT2D eigenvalue weighted by Crippen LogP contribution is 2.31. The van der Waals surface area contributed by atoms with Crippen LogP contribution in [0.2, 0.25) is 5.15 Å². The molecule has 184 valence electrons. The van der Waals surface area contributed by atoms with Gasteiger partial charge >= 0.3 is 0 Å². The third kappa shape index (κ3) is 5.36. The van der Waals surface area contributed by atoms with Crippen molar-refractivity contribution >= 4 is 57.4 Å². The van der Waals surface area contributed by atoms with Crippen molar-refractivity contribution in [2.24, 2.45) is 10.7 Å². The Hall–Kier alpha value is -3.30. The van der Waals surface area contributed by atoms with E-state index in [1.165, 1.54) is 18.1 Å². The zero-order valence-corrected chi connectivity index (χ0v) is 22.0. The maximum atomic E-state index is 13.4. The minimum absolute atomic E-state index is 0.144. The van der Waals surface area contributed by atoms with E-state index in [1.54, 1.807) is 39.3 Å². The number of aryl methyl sites for hydroxylation is 1. The van der Waals surface area contributed by atoms with Crippen molar-refractivity contribution in [1.82, 2.24) is 9.71 Å². The number of nitrogens with zero attached hydrogens (tertiary/aromatic N) is 2. The first-order valence-electron chi connectivity index (χ1n) is 10.8. The van der Waals surface area contributed by atoms with E-state index in [1.807, 2.05) is 26.0 Å².